The van der Waals surface area contributed by atoms with Gasteiger partial charge >= 0.3 is 0 Å². The van der Waals surface area contributed by atoms with Crippen molar-refractivity contribution in [1.82, 2.24) is 14.7 Å². The predicted octanol–water partition coefficient (Wildman–Crippen LogP) is 1.82. The van der Waals surface area contributed by atoms with Gasteiger partial charge in [-0.15, -0.1) is 0 Å². The second-order valence-corrected chi connectivity index (χ2v) is 5.09. The largest absolute Gasteiger partial charge is 0.454 e. The van der Waals surface area contributed by atoms with Crippen LogP contribution >= 0.6 is 0 Å². The molecule has 2 heterocycles. The van der Waals surface area contributed by atoms with Crippen LogP contribution in [0.4, 0.5) is 0 Å². The average molecular weight is 299 g/mol. The van der Waals surface area contributed by atoms with E-state index in [-0.39, 0.29) is 12.7 Å². The lowest BCUT2D eigenvalue weighted by molar-refractivity contribution is -0.125. The van der Waals surface area contributed by atoms with Crippen LogP contribution in [0.15, 0.2) is 36.5 Å². The number of benzene rings is 1. The highest BCUT2D eigenvalue weighted by atomic mass is 16.7. The minimum atomic E-state index is -0.0705. The first-order valence-corrected chi connectivity index (χ1v) is 6.93. The summed E-state index contributed by atoms with van der Waals surface area (Å²) in [6.07, 6.45) is 5.04. The highest BCUT2D eigenvalue weighted by Gasteiger charge is 2.13. The Morgan fingerprint density at radius 1 is 1.36 bits per heavy atom. The van der Waals surface area contributed by atoms with Gasteiger partial charge in [0.15, 0.2) is 11.5 Å². The van der Waals surface area contributed by atoms with Crippen LogP contribution in [0.3, 0.4) is 0 Å². The van der Waals surface area contributed by atoms with Gasteiger partial charge in [0.1, 0.15) is 0 Å². The van der Waals surface area contributed by atoms with Gasteiger partial charge in [0.05, 0.1) is 12.2 Å². The normalized spacial score (nSPS) is 12.8. The summed E-state index contributed by atoms with van der Waals surface area (Å²) in [7, 11) is 3.62. The Balaban J connectivity index is 1.64. The van der Waals surface area contributed by atoms with E-state index in [1.165, 1.54) is 0 Å². The highest BCUT2D eigenvalue weighted by molar-refractivity contribution is 5.91. The molecule has 0 bridgehead atoms. The molecule has 0 aliphatic carbocycles. The zero-order chi connectivity index (χ0) is 15.5. The smallest absolute Gasteiger partial charge is 0.246 e. The minimum Gasteiger partial charge on any atom is -0.454 e. The highest BCUT2D eigenvalue weighted by Crippen LogP contribution is 2.32. The Bertz CT molecular complexity index is 721. The number of likely N-dealkylation sites (N-methyl/N-ethyl adjacent to an activating group) is 1. The fraction of sp³-hybridized carbons (Fsp3) is 0.250. The number of hydrogen-bond donors (Lipinski definition) is 0. The molecule has 0 unspecified atom stereocenters. The summed E-state index contributed by atoms with van der Waals surface area (Å²) in [6.45, 7) is 0.760. The second-order valence-electron chi connectivity index (χ2n) is 5.09. The first-order valence-electron chi connectivity index (χ1n) is 6.93. The van der Waals surface area contributed by atoms with Gasteiger partial charge in [0, 0.05) is 26.4 Å². The lowest BCUT2D eigenvalue weighted by Gasteiger charge is -2.14. The van der Waals surface area contributed by atoms with E-state index in [0.29, 0.717) is 12.3 Å². The molecule has 1 amide bonds. The molecule has 2 aromatic rings. The van der Waals surface area contributed by atoms with E-state index in [1.807, 2.05) is 31.3 Å². The van der Waals surface area contributed by atoms with E-state index < -0.39 is 0 Å². The molecule has 1 aromatic carbocycles. The third kappa shape index (κ3) is 2.95. The van der Waals surface area contributed by atoms with Crippen molar-refractivity contribution < 1.29 is 14.3 Å². The third-order valence-electron chi connectivity index (χ3n) is 3.51. The SMILES string of the molecule is CN(Cc1ccnn1C)C(=O)C=Cc1ccc2c(c1)OCO2. The van der Waals surface area contributed by atoms with E-state index in [2.05, 4.69) is 5.10 Å². The Morgan fingerprint density at radius 3 is 2.95 bits per heavy atom. The third-order valence-corrected chi connectivity index (χ3v) is 3.51. The fourth-order valence-electron chi connectivity index (χ4n) is 2.19. The maximum atomic E-state index is 12.1. The van der Waals surface area contributed by atoms with E-state index in [9.17, 15) is 4.79 Å². The number of aryl methyl sites for hydroxylation is 1. The molecule has 0 saturated heterocycles. The molecule has 0 saturated carbocycles. The maximum Gasteiger partial charge on any atom is 0.246 e. The van der Waals surface area contributed by atoms with Gasteiger partial charge in [-0.1, -0.05) is 6.07 Å². The zero-order valence-electron chi connectivity index (χ0n) is 12.5. The summed E-state index contributed by atoms with van der Waals surface area (Å²) < 4.78 is 12.3. The average Bonchev–Trinajstić information content (AvgIpc) is 3.13. The van der Waals surface area contributed by atoms with Gasteiger partial charge in [0.2, 0.25) is 12.7 Å². The Kier molecular flexibility index (Phi) is 3.82. The molecule has 1 aliphatic heterocycles. The summed E-state index contributed by atoms with van der Waals surface area (Å²) in [4.78, 5) is 13.8. The van der Waals surface area contributed by atoms with Gasteiger partial charge in [0.25, 0.3) is 0 Å². The molecule has 0 atom stereocenters. The van der Waals surface area contributed by atoms with Crippen LogP contribution in [0.25, 0.3) is 6.08 Å². The standard InChI is InChI=1S/C16H17N3O3/c1-18(10-13-7-8-17-19(13)2)16(20)6-4-12-3-5-14-15(9-12)22-11-21-14/h3-9H,10-11H2,1-2H3. The molecule has 6 heteroatoms. The van der Waals surface area contributed by atoms with Crippen molar-refractivity contribution in [2.45, 2.75) is 6.54 Å². The number of hydrogen-bond acceptors (Lipinski definition) is 4. The zero-order valence-corrected chi connectivity index (χ0v) is 12.5. The Labute approximate surface area is 128 Å². The van der Waals surface area contributed by atoms with Gasteiger partial charge in [-0.3, -0.25) is 9.48 Å². The van der Waals surface area contributed by atoms with Crippen molar-refractivity contribution >= 4 is 12.0 Å². The van der Waals surface area contributed by atoms with E-state index in [4.69, 9.17) is 9.47 Å². The van der Waals surface area contributed by atoms with Gasteiger partial charge in [-0.2, -0.15) is 5.10 Å². The van der Waals surface area contributed by atoms with Crippen molar-refractivity contribution in [2.75, 3.05) is 13.8 Å². The molecular formula is C16H17N3O3. The monoisotopic (exact) mass is 299 g/mol. The van der Waals surface area contributed by atoms with Crippen molar-refractivity contribution in [3.63, 3.8) is 0 Å². The number of carbonyl (C=O) groups is 1. The van der Waals surface area contributed by atoms with Crippen LogP contribution in [0.1, 0.15) is 11.3 Å². The van der Waals surface area contributed by atoms with Crippen LogP contribution in [0, 0.1) is 0 Å². The molecule has 6 nitrogen and oxygen atoms in total. The molecule has 0 fully saturated rings. The molecule has 0 spiro atoms. The Morgan fingerprint density at radius 2 is 2.18 bits per heavy atom. The van der Waals surface area contributed by atoms with Crippen LogP contribution in [0.2, 0.25) is 0 Å². The molecule has 1 aliphatic rings. The Hall–Kier alpha value is -2.76. The molecule has 0 N–H and O–H groups in total. The quantitative estimate of drug-likeness (QED) is 0.808. The summed E-state index contributed by atoms with van der Waals surface area (Å²) in [5, 5.41) is 4.09. The minimum absolute atomic E-state index is 0.0705. The van der Waals surface area contributed by atoms with Crippen molar-refractivity contribution in [3.8, 4) is 11.5 Å². The summed E-state index contributed by atoms with van der Waals surface area (Å²) in [6, 6.07) is 7.48. The topological polar surface area (TPSA) is 56.6 Å². The molecule has 114 valence electrons. The van der Waals surface area contributed by atoms with Crippen LogP contribution < -0.4 is 9.47 Å². The first kappa shape index (κ1) is 14.2. The summed E-state index contributed by atoms with van der Waals surface area (Å²) >= 11 is 0. The number of aromatic nitrogens is 2. The fourth-order valence-corrected chi connectivity index (χ4v) is 2.19. The van der Waals surface area contributed by atoms with E-state index in [1.54, 1.807) is 35.0 Å². The number of rotatable bonds is 4. The van der Waals surface area contributed by atoms with Crippen molar-refractivity contribution in [2.24, 2.45) is 7.05 Å². The molecule has 0 radical (unpaired) electrons. The summed E-state index contributed by atoms with van der Waals surface area (Å²) in [5.74, 6) is 1.37. The van der Waals surface area contributed by atoms with Gasteiger partial charge in [-0.05, 0) is 29.8 Å². The second kappa shape index (κ2) is 5.93. The van der Waals surface area contributed by atoms with Gasteiger partial charge < -0.3 is 14.4 Å². The molecule has 1 aromatic heterocycles. The number of carbonyl (C=O) groups excluding carboxylic acids is 1. The molecular weight excluding hydrogens is 282 g/mol. The number of nitrogens with zero attached hydrogens (tertiary/aromatic N) is 3. The maximum absolute atomic E-state index is 12.1. The lowest BCUT2D eigenvalue weighted by atomic mass is 10.2. The van der Waals surface area contributed by atoms with E-state index in [0.717, 1.165) is 17.0 Å². The van der Waals surface area contributed by atoms with Crippen LogP contribution in [-0.4, -0.2) is 34.4 Å². The van der Waals surface area contributed by atoms with Crippen LogP contribution in [0.5, 0.6) is 11.5 Å². The number of amides is 1. The van der Waals surface area contributed by atoms with Crippen molar-refractivity contribution in [3.05, 3.63) is 47.8 Å². The summed E-state index contributed by atoms with van der Waals surface area (Å²) in [5.41, 5.74) is 1.87. The number of ether oxygens (including phenoxy) is 2. The lowest BCUT2D eigenvalue weighted by Crippen LogP contribution is -2.25. The molecule has 22 heavy (non-hydrogen) atoms. The van der Waals surface area contributed by atoms with Gasteiger partial charge in [-0.25, -0.2) is 0 Å². The molecule has 3 rings (SSSR count). The first-order chi connectivity index (χ1) is 10.6. The predicted molar refractivity (Wildman–Crippen MR) is 81.3 cm³/mol. The number of fused-ring (bicyclic) bond motifs is 1. The van der Waals surface area contributed by atoms with Crippen molar-refractivity contribution in [1.29, 1.82) is 0 Å². The van der Waals surface area contributed by atoms with E-state index >= 15 is 0 Å². The van der Waals surface area contributed by atoms with Crippen LogP contribution in [-0.2, 0) is 18.4 Å².